The van der Waals surface area contributed by atoms with Crippen LogP contribution in [0.15, 0.2) is 30.3 Å². The number of benzene rings is 1. The first-order valence-electron chi connectivity index (χ1n) is 6.60. The van der Waals surface area contributed by atoms with Gasteiger partial charge in [0.25, 0.3) is 0 Å². The van der Waals surface area contributed by atoms with Gasteiger partial charge in [0.2, 0.25) is 0 Å². The minimum atomic E-state index is 0.183. The van der Waals surface area contributed by atoms with Gasteiger partial charge in [0, 0.05) is 13.2 Å². The zero-order valence-corrected chi connectivity index (χ0v) is 10.7. The number of hydrogen-bond acceptors (Lipinski definition) is 2. The molecule has 2 nitrogen and oxygen atoms in total. The lowest BCUT2D eigenvalue weighted by Crippen LogP contribution is -2.18. The topological polar surface area (TPSA) is 40.5 Å². The molecule has 1 aromatic carbocycles. The quantitative estimate of drug-likeness (QED) is 0.728. The lowest BCUT2D eigenvalue weighted by molar-refractivity contribution is 0.172. The smallest absolute Gasteiger partial charge is 0.0465 e. The molecule has 0 radical (unpaired) electrons. The van der Waals surface area contributed by atoms with Gasteiger partial charge in [-0.3, -0.25) is 0 Å². The maximum absolute atomic E-state index is 9.53. The van der Waals surface area contributed by atoms with E-state index in [1.165, 1.54) is 5.56 Å². The Labute approximate surface area is 104 Å². The zero-order valence-electron chi connectivity index (χ0n) is 10.7. The number of aliphatic hydroxyl groups is 2. The van der Waals surface area contributed by atoms with Crippen LogP contribution in [-0.2, 0) is 0 Å². The van der Waals surface area contributed by atoms with Crippen molar-refractivity contribution in [3.8, 4) is 0 Å². The molecule has 0 aromatic heterocycles. The summed E-state index contributed by atoms with van der Waals surface area (Å²) in [5, 5.41) is 18.7. The first-order chi connectivity index (χ1) is 8.33. The second-order valence-electron chi connectivity index (χ2n) is 4.61. The van der Waals surface area contributed by atoms with Gasteiger partial charge in [-0.2, -0.15) is 0 Å². The lowest BCUT2D eigenvalue weighted by atomic mass is 9.81. The van der Waals surface area contributed by atoms with Crippen LogP contribution in [0.2, 0.25) is 0 Å². The number of hydrogen-bond donors (Lipinski definition) is 2. The van der Waals surface area contributed by atoms with Crippen molar-refractivity contribution in [3.63, 3.8) is 0 Å². The SMILES string of the molecule is CCCC[C@H](CO)[C@@H](CCO)c1ccccc1. The van der Waals surface area contributed by atoms with Crippen LogP contribution in [0.5, 0.6) is 0 Å². The van der Waals surface area contributed by atoms with Crippen LogP contribution in [0, 0.1) is 5.92 Å². The molecule has 0 amide bonds. The van der Waals surface area contributed by atoms with Crippen LogP contribution in [0.1, 0.15) is 44.1 Å². The summed E-state index contributed by atoms with van der Waals surface area (Å²) in [5.41, 5.74) is 1.23. The molecule has 2 heteroatoms. The molecule has 0 spiro atoms. The standard InChI is InChI=1S/C15H24O2/c1-2-3-7-14(12-17)15(10-11-16)13-8-5-4-6-9-13/h4-6,8-9,14-17H,2-3,7,10-12H2,1H3/t14-,15+/m1/s1. The molecule has 0 unspecified atom stereocenters. The third-order valence-electron chi connectivity index (χ3n) is 3.40. The summed E-state index contributed by atoms with van der Waals surface area (Å²) in [5.74, 6) is 0.544. The molecular weight excluding hydrogens is 212 g/mol. The summed E-state index contributed by atoms with van der Waals surface area (Å²) >= 11 is 0. The molecule has 0 fully saturated rings. The van der Waals surface area contributed by atoms with Gasteiger partial charge in [-0.05, 0) is 30.2 Å². The van der Waals surface area contributed by atoms with Crippen LogP contribution >= 0.6 is 0 Å². The minimum absolute atomic E-state index is 0.183. The Morgan fingerprint density at radius 3 is 2.29 bits per heavy atom. The van der Waals surface area contributed by atoms with Crippen LogP contribution in [-0.4, -0.2) is 23.4 Å². The number of rotatable bonds is 8. The highest BCUT2D eigenvalue weighted by Gasteiger charge is 2.21. The molecule has 2 atom stereocenters. The Morgan fingerprint density at radius 1 is 1.06 bits per heavy atom. The first-order valence-corrected chi connectivity index (χ1v) is 6.60. The Hall–Kier alpha value is -0.860. The van der Waals surface area contributed by atoms with Crippen molar-refractivity contribution in [3.05, 3.63) is 35.9 Å². The predicted octanol–water partition coefficient (Wildman–Crippen LogP) is 2.95. The fourth-order valence-electron chi connectivity index (χ4n) is 2.40. The summed E-state index contributed by atoms with van der Waals surface area (Å²) < 4.78 is 0. The molecule has 2 N–H and O–H groups in total. The minimum Gasteiger partial charge on any atom is -0.396 e. The second-order valence-corrected chi connectivity index (χ2v) is 4.61. The average Bonchev–Trinajstić information content (AvgIpc) is 2.39. The summed E-state index contributed by atoms with van der Waals surface area (Å²) in [7, 11) is 0. The molecule has 1 aromatic rings. The third kappa shape index (κ3) is 4.49. The predicted molar refractivity (Wildman–Crippen MR) is 71.0 cm³/mol. The highest BCUT2D eigenvalue weighted by atomic mass is 16.3. The average molecular weight is 236 g/mol. The Balaban J connectivity index is 2.75. The van der Waals surface area contributed by atoms with Crippen molar-refractivity contribution < 1.29 is 10.2 Å². The summed E-state index contributed by atoms with van der Waals surface area (Å²) in [6.07, 6.45) is 4.06. The van der Waals surface area contributed by atoms with Gasteiger partial charge in [-0.1, -0.05) is 50.1 Å². The Bertz CT molecular complexity index is 284. The fraction of sp³-hybridized carbons (Fsp3) is 0.600. The van der Waals surface area contributed by atoms with Gasteiger partial charge in [0.05, 0.1) is 0 Å². The molecule has 0 aliphatic carbocycles. The molecule has 17 heavy (non-hydrogen) atoms. The van der Waals surface area contributed by atoms with Crippen LogP contribution < -0.4 is 0 Å². The fourth-order valence-corrected chi connectivity index (χ4v) is 2.40. The van der Waals surface area contributed by atoms with E-state index < -0.39 is 0 Å². The maximum Gasteiger partial charge on any atom is 0.0465 e. The molecule has 96 valence electrons. The van der Waals surface area contributed by atoms with Crippen molar-refractivity contribution in [1.29, 1.82) is 0 Å². The number of unbranched alkanes of at least 4 members (excludes halogenated alkanes) is 1. The van der Waals surface area contributed by atoms with E-state index in [0.717, 1.165) is 25.7 Å². The van der Waals surface area contributed by atoms with Gasteiger partial charge < -0.3 is 10.2 Å². The largest absolute Gasteiger partial charge is 0.396 e. The van der Waals surface area contributed by atoms with E-state index >= 15 is 0 Å². The van der Waals surface area contributed by atoms with E-state index in [-0.39, 0.29) is 25.0 Å². The van der Waals surface area contributed by atoms with Crippen LogP contribution in [0.4, 0.5) is 0 Å². The second kappa shape index (κ2) is 8.26. The van der Waals surface area contributed by atoms with Gasteiger partial charge in [0.15, 0.2) is 0 Å². The molecule has 0 aliphatic heterocycles. The summed E-state index contributed by atoms with van der Waals surface area (Å²) in [6, 6.07) is 10.2. The molecule has 1 rings (SSSR count). The van der Waals surface area contributed by atoms with Crippen LogP contribution in [0.3, 0.4) is 0 Å². The highest BCUT2D eigenvalue weighted by Crippen LogP contribution is 2.31. The maximum atomic E-state index is 9.53. The van der Waals surface area contributed by atoms with E-state index in [4.69, 9.17) is 0 Å². The Kier molecular flexibility index (Phi) is 6.90. The van der Waals surface area contributed by atoms with Crippen molar-refractivity contribution in [2.75, 3.05) is 13.2 Å². The number of aliphatic hydroxyl groups excluding tert-OH is 2. The van der Waals surface area contributed by atoms with E-state index in [9.17, 15) is 10.2 Å². The van der Waals surface area contributed by atoms with Crippen molar-refractivity contribution in [1.82, 2.24) is 0 Å². The van der Waals surface area contributed by atoms with E-state index in [1.54, 1.807) is 0 Å². The van der Waals surface area contributed by atoms with E-state index in [2.05, 4.69) is 19.1 Å². The zero-order chi connectivity index (χ0) is 12.5. The molecule has 0 aliphatic rings. The van der Waals surface area contributed by atoms with E-state index in [0.29, 0.717) is 0 Å². The van der Waals surface area contributed by atoms with Crippen LogP contribution in [0.25, 0.3) is 0 Å². The lowest BCUT2D eigenvalue weighted by Gasteiger charge is -2.25. The van der Waals surface area contributed by atoms with Gasteiger partial charge in [0.1, 0.15) is 0 Å². The Morgan fingerprint density at radius 2 is 1.76 bits per heavy atom. The normalized spacial score (nSPS) is 14.5. The molecule has 0 saturated carbocycles. The summed E-state index contributed by atoms with van der Waals surface area (Å²) in [4.78, 5) is 0. The van der Waals surface area contributed by atoms with Crippen molar-refractivity contribution in [2.24, 2.45) is 5.92 Å². The van der Waals surface area contributed by atoms with Gasteiger partial charge in [-0.25, -0.2) is 0 Å². The van der Waals surface area contributed by atoms with E-state index in [1.807, 2.05) is 18.2 Å². The monoisotopic (exact) mass is 236 g/mol. The molecule has 0 heterocycles. The first kappa shape index (κ1) is 14.2. The van der Waals surface area contributed by atoms with Gasteiger partial charge >= 0.3 is 0 Å². The summed E-state index contributed by atoms with van der Waals surface area (Å²) in [6.45, 7) is 2.56. The third-order valence-corrected chi connectivity index (χ3v) is 3.40. The molecule has 0 bridgehead atoms. The molecular formula is C15H24O2. The highest BCUT2D eigenvalue weighted by molar-refractivity contribution is 5.20. The van der Waals surface area contributed by atoms with Crippen molar-refractivity contribution >= 4 is 0 Å². The van der Waals surface area contributed by atoms with Gasteiger partial charge in [-0.15, -0.1) is 0 Å². The van der Waals surface area contributed by atoms with Crippen molar-refractivity contribution in [2.45, 2.75) is 38.5 Å². The molecule has 0 saturated heterocycles.